The lowest BCUT2D eigenvalue weighted by molar-refractivity contribution is -0.137. The number of hydrogen-bond acceptors (Lipinski definition) is 6. The van der Waals surface area contributed by atoms with Gasteiger partial charge in [-0.15, -0.1) is 11.3 Å². The van der Waals surface area contributed by atoms with Crippen molar-refractivity contribution in [2.45, 2.75) is 37.1 Å². The highest BCUT2D eigenvalue weighted by Gasteiger charge is 2.47. The molecule has 9 heteroatoms. The monoisotopic (exact) mass is 328 g/mol. The van der Waals surface area contributed by atoms with Gasteiger partial charge in [-0.2, -0.15) is 5.01 Å². The van der Waals surface area contributed by atoms with Gasteiger partial charge in [-0.3, -0.25) is 15.0 Å². The Labute approximate surface area is 130 Å². The van der Waals surface area contributed by atoms with Gasteiger partial charge in [0.15, 0.2) is 4.34 Å². The Morgan fingerprint density at radius 1 is 1.57 bits per heavy atom. The zero-order valence-corrected chi connectivity index (χ0v) is 13.6. The number of amides is 4. The summed E-state index contributed by atoms with van der Waals surface area (Å²) < 4.78 is 0.776. The molecule has 0 saturated carbocycles. The fraction of sp³-hybridized carbons (Fsp3) is 0.500. The van der Waals surface area contributed by atoms with Gasteiger partial charge in [-0.25, -0.2) is 9.78 Å². The first-order chi connectivity index (χ1) is 9.85. The van der Waals surface area contributed by atoms with Crippen molar-refractivity contribution in [3.8, 4) is 0 Å². The molecule has 1 aliphatic rings. The number of aromatic nitrogens is 1. The van der Waals surface area contributed by atoms with Crippen LogP contribution in [0.25, 0.3) is 0 Å². The summed E-state index contributed by atoms with van der Waals surface area (Å²) in [5.74, 6) is -0.775. The van der Waals surface area contributed by atoms with Gasteiger partial charge in [0.05, 0.1) is 5.75 Å². The lowest BCUT2D eigenvalue weighted by Gasteiger charge is -2.19. The summed E-state index contributed by atoms with van der Waals surface area (Å²) in [7, 11) is 0. The van der Waals surface area contributed by atoms with Crippen molar-refractivity contribution in [2.75, 3.05) is 5.75 Å². The predicted octanol–water partition coefficient (Wildman–Crippen LogP) is 1.30. The lowest BCUT2D eigenvalue weighted by Crippen LogP contribution is -2.49. The van der Waals surface area contributed by atoms with Crippen LogP contribution in [0, 0.1) is 6.92 Å². The van der Waals surface area contributed by atoms with Gasteiger partial charge >= 0.3 is 6.03 Å². The number of hydrogen-bond donors (Lipinski definition) is 2. The van der Waals surface area contributed by atoms with E-state index in [1.807, 2.05) is 12.3 Å². The molecule has 2 heterocycles. The van der Waals surface area contributed by atoms with Crippen molar-refractivity contribution in [3.05, 3.63) is 11.1 Å². The number of urea groups is 1. The number of nitrogens with one attached hydrogen (secondary N) is 2. The Bertz CT molecular complexity index is 589. The van der Waals surface area contributed by atoms with Gasteiger partial charge < -0.3 is 5.32 Å². The first kappa shape index (κ1) is 15.8. The maximum absolute atomic E-state index is 12.1. The maximum Gasteiger partial charge on any atom is 0.344 e. The molecule has 0 bridgehead atoms. The SMILES string of the molecule is CCC1(C)NC(=O)N(NC(=O)CSc2nc(C)cs2)C1=O. The Morgan fingerprint density at radius 3 is 2.81 bits per heavy atom. The van der Waals surface area contributed by atoms with E-state index >= 15 is 0 Å². The highest BCUT2D eigenvalue weighted by Crippen LogP contribution is 2.22. The molecule has 2 rings (SSSR count). The number of carbonyl (C=O) groups is 3. The summed E-state index contributed by atoms with van der Waals surface area (Å²) in [6.07, 6.45) is 0.455. The molecule has 0 radical (unpaired) electrons. The Morgan fingerprint density at radius 2 is 2.29 bits per heavy atom. The molecule has 1 saturated heterocycles. The molecular weight excluding hydrogens is 312 g/mol. The number of nitrogens with zero attached hydrogens (tertiary/aromatic N) is 2. The molecule has 1 unspecified atom stereocenters. The smallest absolute Gasteiger partial charge is 0.322 e. The van der Waals surface area contributed by atoms with Gasteiger partial charge in [0, 0.05) is 11.1 Å². The van der Waals surface area contributed by atoms with E-state index in [2.05, 4.69) is 15.7 Å². The standard InChI is InChI=1S/C12H16N4O3S2/c1-4-12(3)9(18)16(10(19)14-12)15-8(17)6-21-11-13-7(2)5-20-11/h5H,4,6H2,1-3H3,(H,14,19)(H,15,17). The van der Waals surface area contributed by atoms with Crippen LogP contribution in [0.4, 0.5) is 4.79 Å². The number of thioether (sulfide) groups is 1. The molecule has 1 aliphatic heterocycles. The lowest BCUT2D eigenvalue weighted by atomic mass is 10.00. The maximum atomic E-state index is 12.1. The minimum Gasteiger partial charge on any atom is -0.322 e. The number of aryl methyl sites for hydroxylation is 1. The summed E-state index contributed by atoms with van der Waals surface area (Å²) in [4.78, 5) is 39.9. The van der Waals surface area contributed by atoms with Crippen LogP contribution in [0.15, 0.2) is 9.72 Å². The van der Waals surface area contributed by atoms with Gasteiger partial charge in [0.2, 0.25) is 5.91 Å². The molecule has 1 aromatic rings. The summed E-state index contributed by atoms with van der Waals surface area (Å²) in [6, 6.07) is -0.604. The van der Waals surface area contributed by atoms with Crippen molar-refractivity contribution in [3.63, 3.8) is 0 Å². The van der Waals surface area contributed by atoms with E-state index in [4.69, 9.17) is 0 Å². The van der Waals surface area contributed by atoms with Gasteiger partial charge in [0.25, 0.3) is 5.91 Å². The zero-order valence-electron chi connectivity index (χ0n) is 11.9. The first-order valence-electron chi connectivity index (χ1n) is 6.37. The highest BCUT2D eigenvalue weighted by molar-refractivity contribution is 8.01. The number of rotatable bonds is 5. The minimum absolute atomic E-state index is 0.0901. The third kappa shape index (κ3) is 3.35. The molecule has 0 aromatic carbocycles. The molecule has 1 fully saturated rings. The molecule has 2 N–H and O–H groups in total. The number of carbonyl (C=O) groups excluding carboxylic acids is 3. The molecule has 21 heavy (non-hydrogen) atoms. The largest absolute Gasteiger partial charge is 0.344 e. The second kappa shape index (κ2) is 6.02. The topological polar surface area (TPSA) is 91.4 Å². The fourth-order valence-electron chi connectivity index (χ4n) is 1.71. The van der Waals surface area contributed by atoms with Crippen LogP contribution in [0.1, 0.15) is 26.0 Å². The van der Waals surface area contributed by atoms with E-state index in [1.165, 1.54) is 23.1 Å². The summed E-state index contributed by atoms with van der Waals surface area (Å²) >= 11 is 2.72. The summed E-state index contributed by atoms with van der Waals surface area (Å²) in [5, 5.41) is 5.21. The van der Waals surface area contributed by atoms with Gasteiger partial charge in [-0.05, 0) is 20.3 Å². The molecule has 0 spiro atoms. The van der Waals surface area contributed by atoms with Gasteiger partial charge in [-0.1, -0.05) is 18.7 Å². The van der Waals surface area contributed by atoms with Crippen LogP contribution in [0.2, 0.25) is 0 Å². The predicted molar refractivity (Wildman–Crippen MR) is 79.8 cm³/mol. The molecule has 1 aromatic heterocycles. The van der Waals surface area contributed by atoms with E-state index in [9.17, 15) is 14.4 Å². The Hall–Kier alpha value is -1.61. The van der Waals surface area contributed by atoms with Crippen LogP contribution in [0.5, 0.6) is 0 Å². The normalized spacial score (nSPS) is 21.6. The van der Waals surface area contributed by atoms with Crippen LogP contribution >= 0.6 is 23.1 Å². The number of thiazole rings is 1. The van der Waals surface area contributed by atoms with Crippen molar-refractivity contribution >= 4 is 40.9 Å². The number of hydrazine groups is 1. The van der Waals surface area contributed by atoms with E-state index in [1.54, 1.807) is 13.8 Å². The van der Waals surface area contributed by atoms with Gasteiger partial charge in [0.1, 0.15) is 5.54 Å². The first-order valence-corrected chi connectivity index (χ1v) is 8.23. The molecule has 0 aliphatic carbocycles. The Balaban J connectivity index is 1.91. The van der Waals surface area contributed by atoms with E-state index in [0.29, 0.717) is 6.42 Å². The average Bonchev–Trinajstić information content (AvgIpc) is 2.94. The van der Waals surface area contributed by atoms with E-state index < -0.39 is 23.4 Å². The average molecular weight is 328 g/mol. The van der Waals surface area contributed by atoms with Crippen molar-refractivity contribution in [1.29, 1.82) is 0 Å². The molecular formula is C12H16N4O3S2. The van der Waals surface area contributed by atoms with E-state index in [0.717, 1.165) is 15.0 Å². The third-order valence-corrected chi connectivity index (χ3v) is 5.27. The van der Waals surface area contributed by atoms with Crippen molar-refractivity contribution < 1.29 is 14.4 Å². The molecule has 1 atom stereocenters. The van der Waals surface area contributed by atoms with Crippen LogP contribution in [-0.4, -0.2) is 39.1 Å². The van der Waals surface area contributed by atoms with Crippen molar-refractivity contribution in [1.82, 2.24) is 20.7 Å². The van der Waals surface area contributed by atoms with Crippen molar-refractivity contribution in [2.24, 2.45) is 0 Å². The zero-order chi connectivity index (χ0) is 15.6. The van der Waals surface area contributed by atoms with Crippen LogP contribution in [-0.2, 0) is 9.59 Å². The third-order valence-electron chi connectivity index (χ3n) is 3.13. The summed E-state index contributed by atoms with van der Waals surface area (Å²) in [5.41, 5.74) is 2.28. The summed E-state index contributed by atoms with van der Waals surface area (Å²) in [6.45, 7) is 5.30. The second-order valence-corrected chi connectivity index (χ2v) is 6.92. The number of imide groups is 1. The molecule has 4 amide bonds. The second-order valence-electron chi connectivity index (χ2n) is 4.83. The molecule has 7 nitrogen and oxygen atoms in total. The molecule has 114 valence electrons. The van der Waals surface area contributed by atoms with E-state index in [-0.39, 0.29) is 5.75 Å². The van der Waals surface area contributed by atoms with Crippen LogP contribution in [0.3, 0.4) is 0 Å². The van der Waals surface area contributed by atoms with Crippen LogP contribution < -0.4 is 10.7 Å². The highest BCUT2D eigenvalue weighted by atomic mass is 32.2. The quantitative estimate of drug-likeness (QED) is 0.628. The minimum atomic E-state index is -0.954. The Kier molecular flexibility index (Phi) is 4.52. The fourth-order valence-corrected chi connectivity index (χ4v) is 3.35.